The zero-order valence-corrected chi connectivity index (χ0v) is 31.4. The number of piperidine rings is 1. The number of carbonyl (C=O) groups excluding carboxylic acids is 2. The molecule has 3 atom stereocenters. The highest BCUT2D eigenvalue weighted by atomic mass is 79.9. The van der Waals surface area contributed by atoms with Crippen molar-refractivity contribution in [3.05, 3.63) is 124 Å². The summed E-state index contributed by atoms with van der Waals surface area (Å²) in [6.45, 7) is 1.21. The average Bonchev–Trinajstić information content (AvgIpc) is 3.49. The second kappa shape index (κ2) is 15.7. The molecule has 3 heterocycles. The van der Waals surface area contributed by atoms with Crippen LogP contribution in [0.3, 0.4) is 0 Å². The molecule has 1 aliphatic carbocycles. The van der Waals surface area contributed by atoms with E-state index in [4.69, 9.17) is 18.9 Å². The standard InChI is InChI=1S/C24H26BrN3O3.C17H16O4/c1-27-13-17-8-21-24(30-3,19-5-4-6-20(27)22(17)19)9-15(12-28(21)2)14-31-23(29)16-7-18(25)11-26-10-16;1-20-13-10-15(19)17(16(11-13)21-2)14(18)9-8-12-6-4-3-5-7-12/h4-7,10-11,13,15,21H,8-9,12,14H2,1-3H3;3-11,19H,1-2H3. The zero-order chi connectivity index (χ0) is 37.0. The predicted octanol–water partition coefficient (Wildman–Crippen LogP) is 7.22. The summed E-state index contributed by atoms with van der Waals surface area (Å²) in [5, 5.41) is 11.3. The summed E-state index contributed by atoms with van der Waals surface area (Å²) in [6, 6.07) is 20.9. The van der Waals surface area contributed by atoms with E-state index in [-0.39, 0.29) is 40.8 Å². The summed E-state index contributed by atoms with van der Waals surface area (Å²) in [7, 11) is 8.98. The fourth-order valence-corrected chi connectivity index (χ4v) is 7.91. The number of halogens is 1. The van der Waals surface area contributed by atoms with Crippen LogP contribution >= 0.6 is 15.9 Å². The lowest BCUT2D eigenvalue weighted by Gasteiger charge is -2.53. The van der Waals surface area contributed by atoms with Gasteiger partial charge in [0.25, 0.3) is 0 Å². The van der Waals surface area contributed by atoms with E-state index in [9.17, 15) is 14.7 Å². The SMILES string of the molecule is COC12CC(COC(=O)c3cncc(Br)c3)CN(C)C1Cc1cn(C)c3cccc2c13.COc1cc(O)c(C(=O)C=Cc2ccccc2)c(OC)c1. The number of pyridine rings is 1. The van der Waals surface area contributed by atoms with E-state index in [1.165, 1.54) is 54.6 Å². The molecule has 1 N–H and O–H groups in total. The minimum Gasteiger partial charge on any atom is -0.507 e. The van der Waals surface area contributed by atoms with Gasteiger partial charge < -0.3 is 28.6 Å². The molecule has 2 aliphatic rings. The summed E-state index contributed by atoms with van der Waals surface area (Å²) in [4.78, 5) is 31.2. The Morgan fingerprint density at radius 1 is 1.02 bits per heavy atom. The maximum absolute atomic E-state index is 12.5. The van der Waals surface area contributed by atoms with Crippen molar-refractivity contribution < 1.29 is 33.6 Å². The third-order valence-corrected chi connectivity index (χ3v) is 10.3. The molecule has 1 fully saturated rings. The molecule has 11 heteroatoms. The Bertz CT molecular complexity index is 2110. The van der Waals surface area contributed by atoms with Crippen LogP contribution in [0.1, 0.15) is 43.8 Å². The highest BCUT2D eigenvalue weighted by Crippen LogP contribution is 2.49. The monoisotopic (exact) mass is 767 g/mol. The van der Waals surface area contributed by atoms with Gasteiger partial charge in [0.1, 0.15) is 28.4 Å². The van der Waals surface area contributed by atoms with Crippen molar-refractivity contribution in [1.29, 1.82) is 0 Å². The van der Waals surface area contributed by atoms with Gasteiger partial charge in [-0.15, -0.1) is 0 Å². The minimum absolute atomic E-state index is 0.116. The van der Waals surface area contributed by atoms with Crippen molar-refractivity contribution in [3.63, 3.8) is 0 Å². The van der Waals surface area contributed by atoms with Gasteiger partial charge in [0.15, 0.2) is 5.78 Å². The molecule has 0 radical (unpaired) electrons. The molecule has 3 unspecified atom stereocenters. The van der Waals surface area contributed by atoms with Gasteiger partial charge >= 0.3 is 5.97 Å². The number of phenols is 1. The van der Waals surface area contributed by atoms with E-state index < -0.39 is 5.60 Å². The number of phenolic OH excluding ortho intramolecular Hbond substituents is 1. The highest BCUT2D eigenvalue weighted by molar-refractivity contribution is 9.10. The molecular formula is C41H42BrN3O7. The number of esters is 1. The van der Waals surface area contributed by atoms with E-state index in [2.05, 4.69) is 68.9 Å². The number of likely N-dealkylation sites (tertiary alicyclic amines) is 1. The topological polar surface area (TPSA) is 112 Å². The van der Waals surface area contributed by atoms with Crippen LogP contribution in [0.5, 0.6) is 17.2 Å². The van der Waals surface area contributed by atoms with E-state index >= 15 is 0 Å². The van der Waals surface area contributed by atoms with Crippen LogP contribution in [-0.4, -0.2) is 78.9 Å². The van der Waals surface area contributed by atoms with Crippen molar-refractivity contribution in [1.82, 2.24) is 14.5 Å². The van der Waals surface area contributed by atoms with E-state index in [1.807, 2.05) is 37.4 Å². The molecule has 7 rings (SSSR count). The summed E-state index contributed by atoms with van der Waals surface area (Å²) < 4.78 is 25.2. The number of rotatable bonds is 9. The number of benzene rings is 3. The van der Waals surface area contributed by atoms with Gasteiger partial charge in [-0.25, -0.2) is 4.79 Å². The number of carbonyl (C=O) groups is 2. The lowest BCUT2D eigenvalue weighted by molar-refractivity contribution is -0.131. The number of ether oxygens (including phenoxy) is 4. The number of methoxy groups -OCH3 is 3. The normalized spacial score (nSPS) is 19.4. The molecule has 2 aromatic heterocycles. The molecule has 10 nitrogen and oxygen atoms in total. The number of aromatic nitrogens is 2. The van der Waals surface area contributed by atoms with Crippen molar-refractivity contribution in [2.24, 2.45) is 13.0 Å². The van der Waals surface area contributed by atoms with Gasteiger partial charge in [-0.2, -0.15) is 0 Å². The van der Waals surface area contributed by atoms with Gasteiger partial charge in [0, 0.05) is 78.8 Å². The fraction of sp³-hybridized carbons (Fsp3) is 0.293. The summed E-state index contributed by atoms with van der Waals surface area (Å²) in [6.07, 6.45) is 10.3. The minimum atomic E-state index is -0.421. The lowest BCUT2D eigenvalue weighted by atomic mass is 9.69. The zero-order valence-electron chi connectivity index (χ0n) is 29.8. The van der Waals surface area contributed by atoms with Gasteiger partial charge in [-0.1, -0.05) is 48.5 Å². The first-order valence-electron chi connectivity index (χ1n) is 16.9. The molecule has 270 valence electrons. The quantitative estimate of drug-likeness (QED) is 0.0945. The Morgan fingerprint density at radius 3 is 2.52 bits per heavy atom. The third-order valence-electron chi connectivity index (χ3n) is 9.91. The van der Waals surface area contributed by atoms with Crippen LogP contribution in [0, 0.1) is 5.92 Å². The second-order valence-electron chi connectivity index (χ2n) is 13.1. The number of aryl methyl sites for hydroxylation is 1. The average molecular weight is 769 g/mol. The fourth-order valence-electron chi connectivity index (χ4n) is 7.55. The Labute approximate surface area is 311 Å². The lowest BCUT2D eigenvalue weighted by Crippen LogP contribution is -2.59. The molecule has 0 amide bonds. The second-order valence-corrected chi connectivity index (χ2v) is 14.0. The molecule has 1 saturated heterocycles. The van der Waals surface area contributed by atoms with E-state index in [1.54, 1.807) is 24.4 Å². The summed E-state index contributed by atoms with van der Waals surface area (Å²) >= 11 is 3.35. The van der Waals surface area contributed by atoms with Crippen LogP contribution in [0.4, 0.5) is 0 Å². The number of hydrogen-bond donors (Lipinski definition) is 1. The Balaban J connectivity index is 0.000000194. The maximum atomic E-state index is 12.5. The number of likely N-dealkylation sites (N-methyl/N-ethyl adjacent to an activating group) is 1. The number of ketones is 1. The molecular weight excluding hydrogens is 726 g/mol. The number of allylic oxidation sites excluding steroid dienone is 1. The number of fused-ring (bicyclic) bond motifs is 2. The van der Waals surface area contributed by atoms with Crippen LogP contribution in [0.25, 0.3) is 17.0 Å². The Hall–Kier alpha value is -4.97. The molecule has 0 saturated carbocycles. The Kier molecular flexibility index (Phi) is 11.1. The van der Waals surface area contributed by atoms with Crippen molar-refractivity contribution in [3.8, 4) is 17.2 Å². The van der Waals surface area contributed by atoms with E-state index in [0.29, 0.717) is 17.9 Å². The first kappa shape index (κ1) is 36.8. The summed E-state index contributed by atoms with van der Waals surface area (Å²) in [5.41, 5.74) is 4.91. The molecule has 3 aromatic carbocycles. The summed E-state index contributed by atoms with van der Waals surface area (Å²) in [5.74, 6) is 0.0131. The highest BCUT2D eigenvalue weighted by Gasteiger charge is 2.52. The first-order chi connectivity index (χ1) is 25.1. The number of hydrogen-bond acceptors (Lipinski definition) is 9. The molecule has 0 spiro atoms. The van der Waals surface area contributed by atoms with Gasteiger partial charge in [-0.3, -0.25) is 14.7 Å². The van der Waals surface area contributed by atoms with E-state index in [0.717, 1.165) is 29.4 Å². The third kappa shape index (κ3) is 7.34. The van der Waals surface area contributed by atoms with Crippen LogP contribution < -0.4 is 9.47 Å². The van der Waals surface area contributed by atoms with Gasteiger partial charge in [0.2, 0.25) is 0 Å². The van der Waals surface area contributed by atoms with Crippen molar-refractivity contribution in [2.45, 2.75) is 24.5 Å². The molecule has 5 aromatic rings. The molecule has 0 bridgehead atoms. The molecule has 52 heavy (non-hydrogen) atoms. The Morgan fingerprint density at radius 2 is 1.81 bits per heavy atom. The largest absolute Gasteiger partial charge is 0.507 e. The van der Waals surface area contributed by atoms with Crippen molar-refractivity contribution >= 4 is 44.7 Å². The van der Waals surface area contributed by atoms with Gasteiger partial charge in [-0.05, 0) is 70.7 Å². The van der Waals surface area contributed by atoms with Crippen LogP contribution in [-0.2, 0) is 28.5 Å². The molecule has 1 aliphatic heterocycles. The predicted molar refractivity (Wildman–Crippen MR) is 203 cm³/mol. The number of nitrogens with zero attached hydrogens (tertiary/aromatic N) is 3. The maximum Gasteiger partial charge on any atom is 0.339 e. The number of aromatic hydroxyl groups is 1. The first-order valence-corrected chi connectivity index (χ1v) is 17.7. The van der Waals surface area contributed by atoms with Crippen LogP contribution in [0.15, 0.2) is 95.9 Å². The smallest absolute Gasteiger partial charge is 0.339 e. The van der Waals surface area contributed by atoms with Crippen molar-refractivity contribution in [2.75, 3.05) is 41.5 Å². The van der Waals surface area contributed by atoms with Gasteiger partial charge in [0.05, 0.1) is 26.4 Å². The van der Waals surface area contributed by atoms with Crippen LogP contribution in [0.2, 0.25) is 0 Å².